The molecule has 2 N–H and O–H groups in total. The summed E-state index contributed by atoms with van der Waals surface area (Å²) in [5, 5.41) is 11.4. The van der Waals surface area contributed by atoms with Gasteiger partial charge in [-0.2, -0.15) is 0 Å². The van der Waals surface area contributed by atoms with Crippen LogP contribution in [0.5, 0.6) is 0 Å². The summed E-state index contributed by atoms with van der Waals surface area (Å²) in [5.74, 6) is -0.637. The average Bonchev–Trinajstić information content (AvgIpc) is 2.99. The maximum atomic E-state index is 12.5. The number of hydrogen-bond acceptors (Lipinski definition) is 3. The maximum Gasteiger partial charge on any atom is 0.223 e. The second-order valence-corrected chi connectivity index (χ2v) is 7.01. The van der Waals surface area contributed by atoms with Gasteiger partial charge in [-0.15, -0.1) is 0 Å². The third-order valence-corrected chi connectivity index (χ3v) is 5.41. The fraction of sp³-hybridized carbons (Fsp3) is 0.600. The van der Waals surface area contributed by atoms with E-state index >= 15 is 0 Å². The lowest BCUT2D eigenvalue weighted by Crippen LogP contribution is -2.38. The monoisotopic (exact) mass is 348 g/mol. The first kappa shape index (κ1) is 21.2. The number of carbonyl (C=O) groups is 2. The molecular weight excluding hydrogens is 318 g/mol. The van der Waals surface area contributed by atoms with E-state index in [0.717, 1.165) is 18.7 Å². The van der Waals surface area contributed by atoms with Crippen molar-refractivity contribution in [2.24, 2.45) is 17.8 Å². The zero-order valence-corrected chi connectivity index (χ0v) is 13.9. The Kier molecular flexibility index (Phi) is 8.10. The summed E-state index contributed by atoms with van der Waals surface area (Å²) in [6, 6.07) is 9.45. The van der Waals surface area contributed by atoms with Gasteiger partial charge in [-0.3, -0.25) is 4.79 Å². The molecule has 1 saturated heterocycles. The molecule has 0 unspecified atom stereocenters. The predicted octanol–water partition coefficient (Wildman–Crippen LogP) is 1.45. The van der Waals surface area contributed by atoms with E-state index in [-0.39, 0.29) is 25.2 Å². The number of amides is 1. The molecular formula is C20H30NO4-. The molecule has 140 valence electrons. The molecule has 0 spiro atoms. The van der Waals surface area contributed by atoms with E-state index in [1.807, 2.05) is 35.2 Å². The first-order valence-electron chi connectivity index (χ1n) is 8.66. The molecule has 2 fully saturated rings. The highest BCUT2D eigenvalue weighted by Gasteiger charge is 2.36. The molecule has 0 aromatic heterocycles. The summed E-state index contributed by atoms with van der Waals surface area (Å²) < 4.78 is 0. The van der Waals surface area contributed by atoms with Gasteiger partial charge in [0.1, 0.15) is 0 Å². The molecule has 3 atom stereocenters. The average molecular weight is 348 g/mol. The summed E-state index contributed by atoms with van der Waals surface area (Å²) in [4.78, 5) is 25.8. The van der Waals surface area contributed by atoms with E-state index in [4.69, 9.17) is 0 Å². The van der Waals surface area contributed by atoms with Crippen LogP contribution in [0.2, 0.25) is 0 Å². The van der Waals surface area contributed by atoms with E-state index in [9.17, 15) is 14.7 Å². The van der Waals surface area contributed by atoms with Gasteiger partial charge in [0.2, 0.25) is 5.91 Å². The topological polar surface area (TPSA) is 91.9 Å². The Morgan fingerprint density at radius 2 is 1.64 bits per heavy atom. The Bertz CT molecular complexity index is 546. The number of rotatable bonds is 5. The smallest absolute Gasteiger partial charge is 0.223 e. The number of hydrogen-bond donors (Lipinski definition) is 0. The molecule has 25 heavy (non-hydrogen) atoms. The summed E-state index contributed by atoms with van der Waals surface area (Å²) in [6.07, 6.45) is 5.36. The highest BCUT2D eigenvalue weighted by Crippen LogP contribution is 2.36. The minimum atomic E-state index is -1.13. The Balaban J connectivity index is 0.00000156. The van der Waals surface area contributed by atoms with Crippen molar-refractivity contribution in [1.29, 1.82) is 0 Å². The van der Waals surface area contributed by atoms with Gasteiger partial charge in [-0.1, -0.05) is 50.6 Å². The van der Waals surface area contributed by atoms with Crippen LogP contribution in [0.1, 0.15) is 45.1 Å². The predicted molar refractivity (Wildman–Crippen MR) is 95.6 cm³/mol. The molecule has 1 aliphatic heterocycles. The van der Waals surface area contributed by atoms with Crippen molar-refractivity contribution in [3.05, 3.63) is 35.9 Å². The Labute approximate surface area is 150 Å². The molecule has 1 aromatic rings. The molecule has 1 saturated carbocycles. The number of fused-ring (bicyclic) bond motifs is 1. The molecule has 5 nitrogen and oxygen atoms in total. The lowest BCUT2D eigenvalue weighted by atomic mass is 9.82. The fourth-order valence-corrected chi connectivity index (χ4v) is 4.09. The number of carboxylic acid groups (broad SMARTS) is 1. The number of aliphatic carboxylic acids is 1. The minimum Gasteiger partial charge on any atom is -0.550 e. The van der Waals surface area contributed by atoms with E-state index in [2.05, 4.69) is 0 Å². The van der Waals surface area contributed by atoms with Crippen LogP contribution in [0.4, 0.5) is 0 Å². The second kappa shape index (κ2) is 9.56. The number of nitrogens with zero attached hydrogens (tertiary/aromatic N) is 1. The number of benzene rings is 1. The van der Waals surface area contributed by atoms with Gasteiger partial charge in [-0.25, -0.2) is 0 Å². The summed E-state index contributed by atoms with van der Waals surface area (Å²) in [6.45, 7) is 1.63. The minimum absolute atomic E-state index is 0. The van der Waals surface area contributed by atoms with E-state index in [1.165, 1.54) is 25.7 Å². The Morgan fingerprint density at radius 1 is 1.08 bits per heavy atom. The van der Waals surface area contributed by atoms with Crippen LogP contribution in [0.25, 0.3) is 0 Å². The number of carboxylic acids is 1. The quantitative estimate of drug-likeness (QED) is 0.806. The summed E-state index contributed by atoms with van der Waals surface area (Å²) in [7, 11) is 0. The Morgan fingerprint density at radius 3 is 2.16 bits per heavy atom. The number of carbonyl (C=O) groups excluding carboxylic acids is 2. The molecule has 2 aliphatic rings. The molecule has 3 rings (SSSR count). The van der Waals surface area contributed by atoms with E-state index < -0.39 is 11.9 Å². The van der Waals surface area contributed by atoms with Gasteiger partial charge in [-0.05, 0) is 36.7 Å². The molecule has 1 heterocycles. The van der Waals surface area contributed by atoms with Gasteiger partial charge in [0, 0.05) is 31.4 Å². The standard InChI is InChI=1S/C19H25NO3.CH4.H2O/c21-18(20-12-15-8-4-5-9-16(15)13-20)11-17(19(22)23)10-14-6-2-1-3-7-14;;/h1-3,6-7,15-17H,4-5,8-13H2,(H,22,23);1H4;1H2/p-1/t15-,16+,17-;;/m0../s1. The van der Waals surface area contributed by atoms with Crippen molar-refractivity contribution in [3.63, 3.8) is 0 Å². The van der Waals surface area contributed by atoms with Crippen LogP contribution in [0.3, 0.4) is 0 Å². The van der Waals surface area contributed by atoms with Crippen molar-refractivity contribution in [2.75, 3.05) is 13.1 Å². The van der Waals surface area contributed by atoms with E-state index in [1.54, 1.807) is 0 Å². The van der Waals surface area contributed by atoms with Gasteiger partial charge in [0.05, 0.1) is 0 Å². The highest BCUT2D eigenvalue weighted by molar-refractivity contribution is 5.82. The lowest BCUT2D eigenvalue weighted by molar-refractivity contribution is -0.311. The molecule has 0 bridgehead atoms. The fourth-order valence-electron chi connectivity index (χ4n) is 4.09. The Hall–Kier alpha value is -1.88. The number of likely N-dealkylation sites (tertiary alicyclic amines) is 1. The van der Waals surface area contributed by atoms with Crippen LogP contribution in [0.15, 0.2) is 30.3 Å². The van der Waals surface area contributed by atoms with Crippen LogP contribution >= 0.6 is 0 Å². The van der Waals surface area contributed by atoms with Crippen molar-refractivity contribution in [3.8, 4) is 0 Å². The third kappa shape index (κ3) is 5.30. The third-order valence-electron chi connectivity index (χ3n) is 5.41. The lowest BCUT2D eigenvalue weighted by Gasteiger charge is -2.22. The van der Waals surface area contributed by atoms with Crippen LogP contribution in [0, 0.1) is 17.8 Å². The van der Waals surface area contributed by atoms with Gasteiger partial charge >= 0.3 is 0 Å². The van der Waals surface area contributed by atoms with Crippen LogP contribution in [-0.4, -0.2) is 35.3 Å². The zero-order chi connectivity index (χ0) is 16.2. The van der Waals surface area contributed by atoms with Crippen molar-refractivity contribution >= 4 is 11.9 Å². The summed E-state index contributed by atoms with van der Waals surface area (Å²) in [5.41, 5.74) is 0.935. The van der Waals surface area contributed by atoms with E-state index in [0.29, 0.717) is 18.3 Å². The normalized spacial score (nSPS) is 23.0. The van der Waals surface area contributed by atoms with Crippen LogP contribution in [-0.2, 0) is 16.0 Å². The van der Waals surface area contributed by atoms with Crippen molar-refractivity contribution in [2.45, 2.75) is 46.0 Å². The van der Waals surface area contributed by atoms with Gasteiger partial charge < -0.3 is 20.3 Å². The van der Waals surface area contributed by atoms with Crippen molar-refractivity contribution < 1.29 is 20.2 Å². The molecule has 1 aliphatic carbocycles. The first-order valence-corrected chi connectivity index (χ1v) is 8.66. The van der Waals surface area contributed by atoms with Gasteiger partial charge in [0.25, 0.3) is 0 Å². The molecule has 5 heteroatoms. The summed E-state index contributed by atoms with van der Waals surface area (Å²) >= 11 is 0. The molecule has 1 amide bonds. The van der Waals surface area contributed by atoms with Crippen LogP contribution < -0.4 is 5.11 Å². The largest absolute Gasteiger partial charge is 0.550 e. The molecule has 0 radical (unpaired) electrons. The molecule has 1 aromatic carbocycles. The maximum absolute atomic E-state index is 12.5. The second-order valence-electron chi connectivity index (χ2n) is 7.01. The first-order chi connectivity index (χ1) is 11.1. The highest BCUT2D eigenvalue weighted by atomic mass is 16.4. The van der Waals surface area contributed by atoms with Gasteiger partial charge in [0.15, 0.2) is 0 Å². The van der Waals surface area contributed by atoms with Crippen molar-refractivity contribution in [1.82, 2.24) is 4.90 Å². The zero-order valence-electron chi connectivity index (χ0n) is 13.9. The SMILES string of the molecule is C.O.O=C([O-])[C@H](CC(=O)N1C[C@H]2CCCC[C@H]2C1)Cc1ccccc1.